The van der Waals surface area contributed by atoms with E-state index in [9.17, 15) is 19.5 Å². The summed E-state index contributed by atoms with van der Waals surface area (Å²) in [4.78, 5) is 48.4. The van der Waals surface area contributed by atoms with Gasteiger partial charge in [0.25, 0.3) is 0 Å². The van der Waals surface area contributed by atoms with Crippen LogP contribution in [0.1, 0.15) is 48.0 Å². The van der Waals surface area contributed by atoms with Gasteiger partial charge in [-0.1, -0.05) is 56.4 Å². The molecular formula is C31H41N3O5. The van der Waals surface area contributed by atoms with Gasteiger partial charge < -0.3 is 24.5 Å². The largest absolute Gasteiger partial charge is 0.394 e. The first-order valence-electron chi connectivity index (χ1n) is 14.0. The predicted molar refractivity (Wildman–Crippen MR) is 149 cm³/mol. The molecule has 1 aromatic rings. The number of aliphatic hydroxyl groups is 1. The van der Waals surface area contributed by atoms with Crippen molar-refractivity contribution in [2.24, 2.45) is 17.8 Å². The third-order valence-electron chi connectivity index (χ3n) is 8.72. The smallest absolute Gasteiger partial charge is 0.249 e. The van der Waals surface area contributed by atoms with Gasteiger partial charge in [0.2, 0.25) is 17.7 Å². The number of nitrogens with zero attached hydrogens (tertiary/aromatic N) is 3. The van der Waals surface area contributed by atoms with Crippen LogP contribution < -0.4 is 4.90 Å². The van der Waals surface area contributed by atoms with E-state index in [1.54, 1.807) is 14.7 Å². The number of hydrogen-bond donors (Lipinski definition) is 1. The van der Waals surface area contributed by atoms with Crippen LogP contribution in [-0.2, 0) is 19.1 Å². The molecule has 6 atom stereocenters. The maximum Gasteiger partial charge on any atom is 0.249 e. The maximum atomic E-state index is 14.6. The van der Waals surface area contributed by atoms with E-state index in [2.05, 4.69) is 0 Å². The fourth-order valence-electron chi connectivity index (χ4n) is 7.12. The zero-order valence-electron chi connectivity index (χ0n) is 23.8. The molecule has 8 nitrogen and oxygen atoms in total. The minimum absolute atomic E-state index is 0.184. The predicted octanol–water partition coefficient (Wildman–Crippen LogP) is 3.16. The molecular weight excluding hydrogens is 494 g/mol. The minimum Gasteiger partial charge on any atom is -0.394 e. The van der Waals surface area contributed by atoms with Gasteiger partial charge in [0.15, 0.2) is 0 Å². The molecule has 0 aliphatic carbocycles. The van der Waals surface area contributed by atoms with E-state index in [4.69, 9.17) is 4.74 Å². The van der Waals surface area contributed by atoms with Crippen molar-refractivity contribution in [1.82, 2.24) is 9.80 Å². The molecule has 1 N–H and O–H groups in total. The highest BCUT2D eigenvalue weighted by Gasteiger charge is 2.75. The number of ether oxygens (including phenoxy) is 1. The average molecular weight is 536 g/mol. The first-order chi connectivity index (χ1) is 18.4. The molecule has 1 aromatic carbocycles. The number of amides is 3. The molecule has 2 fully saturated rings. The van der Waals surface area contributed by atoms with E-state index in [-0.39, 0.29) is 30.2 Å². The summed E-state index contributed by atoms with van der Waals surface area (Å²) in [5.41, 5.74) is -2.17. The molecule has 3 amide bonds. The Bertz CT molecular complexity index is 1200. The molecule has 2 saturated heterocycles. The second-order valence-corrected chi connectivity index (χ2v) is 12.9. The summed E-state index contributed by atoms with van der Waals surface area (Å²) in [6.45, 7) is 12.3. The normalized spacial score (nSPS) is 33.3. The van der Waals surface area contributed by atoms with Crippen molar-refractivity contribution >= 4 is 23.4 Å². The molecule has 1 spiro atoms. The summed E-state index contributed by atoms with van der Waals surface area (Å²) in [6.07, 6.45) is 8.10. The van der Waals surface area contributed by atoms with Gasteiger partial charge in [0, 0.05) is 24.3 Å². The van der Waals surface area contributed by atoms with Crippen LogP contribution in [0.3, 0.4) is 0 Å². The lowest BCUT2D eigenvalue weighted by Gasteiger charge is -2.43. The lowest BCUT2D eigenvalue weighted by Crippen LogP contribution is -2.61. The van der Waals surface area contributed by atoms with Gasteiger partial charge in [-0.25, -0.2) is 0 Å². The summed E-state index contributed by atoms with van der Waals surface area (Å²) >= 11 is 0. The third kappa shape index (κ3) is 4.23. The molecule has 0 aromatic heterocycles. The van der Waals surface area contributed by atoms with Crippen molar-refractivity contribution in [2.45, 2.75) is 76.8 Å². The third-order valence-corrected chi connectivity index (χ3v) is 8.72. The molecule has 4 aliphatic heterocycles. The summed E-state index contributed by atoms with van der Waals surface area (Å²) in [5, 5.41) is 10.5. The van der Waals surface area contributed by atoms with Gasteiger partial charge in [0.05, 0.1) is 30.1 Å². The van der Waals surface area contributed by atoms with Gasteiger partial charge in [0.1, 0.15) is 11.6 Å². The van der Waals surface area contributed by atoms with E-state index >= 15 is 0 Å². The number of rotatable bonds is 5. The summed E-state index contributed by atoms with van der Waals surface area (Å²) in [7, 11) is 0. The van der Waals surface area contributed by atoms with Crippen molar-refractivity contribution in [3.8, 4) is 0 Å². The molecule has 8 heteroatoms. The van der Waals surface area contributed by atoms with Gasteiger partial charge in [-0.2, -0.15) is 0 Å². The molecule has 0 radical (unpaired) electrons. The lowest BCUT2D eigenvalue weighted by atomic mass is 9.74. The number of anilines is 1. The standard InChI is InChI=1S/C31H41N3O5/c1-20(2)18-22(19-35)34-25-28(38)33(29(3,4)5)17-11-15-31(25)24(27(34)37)23-26(36)32(21-12-8-7-9-13-21)16-10-14-30(23,6)39-31/h7-15,20,22-25,35H,16-19H2,1-6H3/t22-,23-,24+,25?,30+,31+/m1/s1. The van der Waals surface area contributed by atoms with Crippen molar-refractivity contribution in [3.05, 3.63) is 54.6 Å². The highest BCUT2D eigenvalue weighted by Crippen LogP contribution is 2.58. The number of hydrogen-bond acceptors (Lipinski definition) is 5. The lowest BCUT2D eigenvalue weighted by molar-refractivity contribution is -0.157. The van der Waals surface area contributed by atoms with Crippen molar-refractivity contribution in [3.63, 3.8) is 0 Å². The van der Waals surface area contributed by atoms with E-state index < -0.39 is 40.7 Å². The van der Waals surface area contributed by atoms with Crippen LogP contribution >= 0.6 is 0 Å². The summed E-state index contributed by atoms with van der Waals surface area (Å²) in [6, 6.07) is 7.87. The summed E-state index contributed by atoms with van der Waals surface area (Å²) in [5.74, 6) is -2.29. The Labute approximate surface area is 231 Å². The highest BCUT2D eigenvalue weighted by atomic mass is 16.5. The molecule has 5 rings (SSSR count). The van der Waals surface area contributed by atoms with E-state index in [0.29, 0.717) is 19.5 Å². The fraction of sp³-hybridized carbons (Fsp3) is 0.581. The zero-order chi connectivity index (χ0) is 28.3. The fourth-order valence-corrected chi connectivity index (χ4v) is 7.12. The Morgan fingerprint density at radius 1 is 0.974 bits per heavy atom. The Morgan fingerprint density at radius 2 is 1.64 bits per heavy atom. The van der Waals surface area contributed by atoms with E-state index in [1.165, 1.54) is 0 Å². The molecule has 0 bridgehead atoms. The Kier molecular flexibility index (Phi) is 6.79. The quantitative estimate of drug-likeness (QED) is 0.585. The SMILES string of the molecule is CC(C)C[C@H](CO)N1C(=O)[C@@H]2[C@@H]3C(=O)N(c4ccccc4)CC=C[C@]3(C)O[C@@]23C=CCN(C(C)(C)C)C(=O)C13. The van der Waals surface area contributed by atoms with E-state index in [1.807, 2.05) is 96.2 Å². The summed E-state index contributed by atoms with van der Waals surface area (Å²) < 4.78 is 6.90. The average Bonchev–Trinajstić information content (AvgIpc) is 3.13. The Morgan fingerprint density at radius 3 is 2.26 bits per heavy atom. The number of carbonyl (C=O) groups excluding carboxylic acids is 3. The van der Waals surface area contributed by atoms with Crippen LogP contribution in [-0.4, -0.2) is 81.1 Å². The second kappa shape index (κ2) is 9.59. The van der Waals surface area contributed by atoms with Crippen molar-refractivity contribution in [2.75, 3.05) is 24.6 Å². The number of benzene rings is 1. The second-order valence-electron chi connectivity index (χ2n) is 12.9. The zero-order valence-corrected chi connectivity index (χ0v) is 23.8. The minimum atomic E-state index is -1.34. The van der Waals surface area contributed by atoms with E-state index in [0.717, 1.165) is 5.69 Å². The molecule has 4 aliphatic rings. The van der Waals surface area contributed by atoms with Crippen molar-refractivity contribution in [1.29, 1.82) is 0 Å². The number of fused-ring (bicyclic) bond motifs is 2. The number of aliphatic hydroxyl groups excluding tert-OH is 1. The number of para-hydroxylation sites is 1. The molecule has 39 heavy (non-hydrogen) atoms. The monoisotopic (exact) mass is 535 g/mol. The van der Waals surface area contributed by atoms with Gasteiger partial charge in [-0.3, -0.25) is 14.4 Å². The van der Waals surface area contributed by atoms with Crippen molar-refractivity contribution < 1.29 is 24.2 Å². The molecule has 1 unspecified atom stereocenters. The Balaban J connectivity index is 1.68. The molecule has 4 heterocycles. The van der Waals surface area contributed by atoms with Crippen LogP contribution in [0.2, 0.25) is 0 Å². The van der Waals surface area contributed by atoms with Gasteiger partial charge in [-0.15, -0.1) is 0 Å². The first kappa shape index (κ1) is 27.6. The number of likely N-dealkylation sites (tertiary alicyclic amines) is 1. The number of carbonyl (C=O) groups is 3. The first-order valence-corrected chi connectivity index (χ1v) is 14.0. The Hall–Kier alpha value is -2.97. The van der Waals surface area contributed by atoms with Crippen LogP contribution in [0.15, 0.2) is 54.6 Å². The molecule has 210 valence electrons. The molecule has 0 saturated carbocycles. The van der Waals surface area contributed by atoms with Crippen LogP contribution in [0.5, 0.6) is 0 Å². The van der Waals surface area contributed by atoms with Crippen LogP contribution in [0.25, 0.3) is 0 Å². The topological polar surface area (TPSA) is 90.4 Å². The van der Waals surface area contributed by atoms with Gasteiger partial charge in [-0.05, 0) is 52.2 Å². The van der Waals surface area contributed by atoms with Crippen LogP contribution in [0, 0.1) is 17.8 Å². The van der Waals surface area contributed by atoms with Gasteiger partial charge >= 0.3 is 0 Å². The highest BCUT2D eigenvalue weighted by molar-refractivity contribution is 6.04. The van der Waals surface area contributed by atoms with Crippen LogP contribution in [0.4, 0.5) is 5.69 Å². The maximum absolute atomic E-state index is 14.6.